The number of carboxylic acid groups (broad SMARTS) is 1. The summed E-state index contributed by atoms with van der Waals surface area (Å²) in [6, 6.07) is 5.06. The van der Waals surface area contributed by atoms with E-state index in [0.29, 0.717) is 23.4 Å². The molecule has 0 aliphatic rings. The number of benzene rings is 1. The quantitative estimate of drug-likeness (QED) is 0.832. The number of fused-ring (bicyclic) bond motifs is 1. The van der Waals surface area contributed by atoms with Crippen LogP contribution in [-0.2, 0) is 0 Å². The van der Waals surface area contributed by atoms with E-state index in [2.05, 4.69) is 15.2 Å². The van der Waals surface area contributed by atoms with E-state index in [9.17, 15) is 4.79 Å². The van der Waals surface area contributed by atoms with Crippen molar-refractivity contribution in [3.63, 3.8) is 0 Å². The molecule has 1 aromatic carbocycles. The van der Waals surface area contributed by atoms with Crippen molar-refractivity contribution >= 4 is 17.0 Å². The molecule has 0 aliphatic carbocycles. The summed E-state index contributed by atoms with van der Waals surface area (Å²) in [4.78, 5) is 14.5. The van der Waals surface area contributed by atoms with Crippen molar-refractivity contribution in [2.24, 2.45) is 0 Å². The number of ether oxygens (including phenoxy) is 1. The first-order valence-electron chi connectivity index (χ1n) is 4.71. The van der Waals surface area contributed by atoms with Crippen molar-refractivity contribution in [1.29, 1.82) is 0 Å². The van der Waals surface area contributed by atoms with Crippen LogP contribution in [0.4, 0.5) is 0 Å². The van der Waals surface area contributed by atoms with Crippen LogP contribution in [0, 0.1) is 0 Å². The predicted octanol–water partition coefficient (Wildman–Crippen LogP) is 1.12. The smallest absolute Gasteiger partial charge is 0.375 e. The molecule has 1 N–H and O–H groups in total. The first kappa shape index (κ1) is 10.3. The summed E-state index contributed by atoms with van der Waals surface area (Å²) in [5.41, 5.74) is 0.992. The molecular weight excluding hydrogens is 210 g/mol. The summed E-state index contributed by atoms with van der Waals surface area (Å²) in [5.74, 6) is -0.885. The summed E-state index contributed by atoms with van der Waals surface area (Å²) in [6.45, 7) is 2.40. The number of hydrogen-bond acceptors (Lipinski definition) is 5. The van der Waals surface area contributed by atoms with Gasteiger partial charge in [-0.3, -0.25) is 0 Å². The zero-order chi connectivity index (χ0) is 11.5. The molecule has 0 fully saturated rings. The number of rotatable bonds is 3. The molecule has 1 aromatic heterocycles. The molecule has 2 aromatic rings. The highest BCUT2D eigenvalue weighted by Crippen LogP contribution is 2.17. The number of nitrogens with zero attached hydrogens (tertiary/aromatic N) is 3. The second-order valence-electron chi connectivity index (χ2n) is 3.02. The van der Waals surface area contributed by atoms with Crippen LogP contribution < -0.4 is 4.74 Å². The SMILES string of the molecule is CCOc1ccc2nnc(C(=O)O)nc2c1. The van der Waals surface area contributed by atoms with Crippen LogP contribution in [-0.4, -0.2) is 32.9 Å². The molecule has 1 heterocycles. The Morgan fingerprint density at radius 1 is 1.38 bits per heavy atom. The van der Waals surface area contributed by atoms with E-state index < -0.39 is 5.97 Å². The fourth-order valence-corrected chi connectivity index (χ4v) is 1.26. The van der Waals surface area contributed by atoms with Crippen LogP contribution >= 0.6 is 0 Å². The molecule has 0 saturated heterocycles. The van der Waals surface area contributed by atoms with Gasteiger partial charge < -0.3 is 9.84 Å². The highest BCUT2D eigenvalue weighted by molar-refractivity contribution is 5.85. The number of aromatic carboxylic acids is 1. The molecule has 2 rings (SSSR count). The lowest BCUT2D eigenvalue weighted by Crippen LogP contribution is -2.05. The maximum absolute atomic E-state index is 10.7. The van der Waals surface area contributed by atoms with Crippen molar-refractivity contribution in [1.82, 2.24) is 15.2 Å². The van der Waals surface area contributed by atoms with Gasteiger partial charge in [0.25, 0.3) is 5.82 Å². The molecule has 6 heteroatoms. The fraction of sp³-hybridized carbons (Fsp3) is 0.200. The molecule has 0 bridgehead atoms. The first-order chi connectivity index (χ1) is 7.70. The molecule has 0 aliphatic heterocycles. The zero-order valence-corrected chi connectivity index (χ0v) is 8.54. The van der Waals surface area contributed by atoms with Gasteiger partial charge in [-0.2, -0.15) is 0 Å². The minimum atomic E-state index is -1.20. The third-order valence-electron chi connectivity index (χ3n) is 1.93. The molecule has 0 saturated carbocycles. The normalized spacial score (nSPS) is 10.3. The third-order valence-corrected chi connectivity index (χ3v) is 1.93. The molecule has 0 amide bonds. The van der Waals surface area contributed by atoms with E-state index in [0.717, 1.165) is 0 Å². The Hall–Kier alpha value is -2.24. The molecule has 0 radical (unpaired) electrons. The molecule has 16 heavy (non-hydrogen) atoms. The van der Waals surface area contributed by atoms with Gasteiger partial charge in [0.1, 0.15) is 11.3 Å². The largest absolute Gasteiger partial charge is 0.494 e. The van der Waals surface area contributed by atoms with Crippen LogP contribution in [0.25, 0.3) is 11.0 Å². The molecule has 6 nitrogen and oxygen atoms in total. The highest BCUT2D eigenvalue weighted by Gasteiger charge is 2.09. The van der Waals surface area contributed by atoms with Crippen molar-refractivity contribution < 1.29 is 14.6 Å². The Kier molecular flexibility index (Phi) is 2.63. The second kappa shape index (κ2) is 4.09. The summed E-state index contributed by atoms with van der Waals surface area (Å²) < 4.78 is 5.28. The Balaban J connectivity index is 2.52. The van der Waals surface area contributed by atoms with Crippen LogP contribution in [0.5, 0.6) is 5.75 Å². The van der Waals surface area contributed by atoms with E-state index in [4.69, 9.17) is 9.84 Å². The lowest BCUT2D eigenvalue weighted by Gasteiger charge is -2.03. The van der Waals surface area contributed by atoms with Crippen molar-refractivity contribution in [3.8, 4) is 5.75 Å². The van der Waals surface area contributed by atoms with E-state index in [1.807, 2.05) is 6.92 Å². The van der Waals surface area contributed by atoms with E-state index in [1.54, 1.807) is 18.2 Å². The van der Waals surface area contributed by atoms with Crippen LogP contribution in [0.15, 0.2) is 18.2 Å². The Morgan fingerprint density at radius 3 is 2.88 bits per heavy atom. The van der Waals surface area contributed by atoms with Crippen LogP contribution in [0.3, 0.4) is 0 Å². The van der Waals surface area contributed by atoms with Gasteiger partial charge in [0.05, 0.1) is 12.1 Å². The monoisotopic (exact) mass is 219 g/mol. The lowest BCUT2D eigenvalue weighted by molar-refractivity contribution is 0.0682. The summed E-state index contributed by atoms with van der Waals surface area (Å²) in [7, 11) is 0. The van der Waals surface area contributed by atoms with Gasteiger partial charge in [-0.1, -0.05) is 0 Å². The predicted molar refractivity (Wildman–Crippen MR) is 55.5 cm³/mol. The molecular formula is C10H9N3O3. The number of carbonyl (C=O) groups is 1. The maximum atomic E-state index is 10.7. The standard InChI is InChI=1S/C10H9N3O3/c1-2-16-6-3-4-7-8(5-6)11-9(10(14)15)13-12-7/h3-5H,2H2,1H3,(H,14,15). The van der Waals surface area contributed by atoms with Gasteiger partial charge in [0.15, 0.2) is 0 Å². The van der Waals surface area contributed by atoms with Crippen molar-refractivity contribution in [2.75, 3.05) is 6.61 Å². The van der Waals surface area contributed by atoms with Gasteiger partial charge in [0.2, 0.25) is 0 Å². The molecule has 82 valence electrons. The average Bonchev–Trinajstić information content (AvgIpc) is 2.28. The Bertz CT molecular complexity index is 542. The average molecular weight is 219 g/mol. The second-order valence-corrected chi connectivity index (χ2v) is 3.02. The number of hydrogen-bond donors (Lipinski definition) is 1. The minimum absolute atomic E-state index is 0.318. The maximum Gasteiger partial charge on any atom is 0.375 e. The van der Waals surface area contributed by atoms with Crippen LogP contribution in [0.2, 0.25) is 0 Å². The number of aromatic nitrogens is 3. The summed E-state index contributed by atoms with van der Waals surface area (Å²) in [6.07, 6.45) is 0. The van der Waals surface area contributed by atoms with Gasteiger partial charge in [-0.25, -0.2) is 9.78 Å². The van der Waals surface area contributed by atoms with E-state index in [1.165, 1.54) is 0 Å². The first-order valence-corrected chi connectivity index (χ1v) is 4.71. The van der Waals surface area contributed by atoms with Gasteiger partial charge >= 0.3 is 5.97 Å². The fourth-order valence-electron chi connectivity index (χ4n) is 1.26. The van der Waals surface area contributed by atoms with E-state index >= 15 is 0 Å². The topological polar surface area (TPSA) is 85.2 Å². The Labute approximate surface area is 90.9 Å². The molecule has 0 spiro atoms. The minimum Gasteiger partial charge on any atom is -0.494 e. The molecule has 0 atom stereocenters. The molecule has 0 unspecified atom stereocenters. The van der Waals surface area contributed by atoms with Gasteiger partial charge in [-0.15, -0.1) is 10.2 Å². The number of carboxylic acids is 1. The van der Waals surface area contributed by atoms with Crippen molar-refractivity contribution in [3.05, 3.63) is 24.0 Å². The lowest BCUT2D eigenvalue weighted by atomic mass is 10.3. The third kappa shape index (κ3) is 1.90. The Morgan fingerprint density at radius 2 is 2.19 bits per heavy atom. The van der Waals surface area contributed by atoms with Gasteiger partial charge in [-0.05, 0) is 19.1 Å². The van der Waals surface area contributed by atoms with E-state index in [-0.39, 0.29) is 5.82 Å². The van der Waals surface area contributed by atoms with Crippen molar-refractivity contribution in [2.45, 2.75) is 6.92 Å². The van der Waals surface area contributed by atoms with Gasteiger partial charge in [0, 0.05) is 6.07 Å². The summed E-state index contributed by atoms with van der Waals surface area (Å²) >= 11 is 0. The van der Waals surface area contributed by atoms with Crippen LogP contribution in [0.1, 0.15) is 17.5 Å². The summed E-state index contributed by atoms with van der Waals surface area (Å²) in [5, 5.41) is 16.0. The zero-order valence-electron chi connectivity index (χ0n) is 8.54. The highest BCUT2D eigenvalue weighted by atomic mass is 16.5.